The molecule has 8 amide bonds. The molecule has 0 saturated carbocycles. The zero-order chi connectivity index (χ0) is 61.5. The molecule has 0 aliphatic carbocycles. The number of carbonyl (C=O) groups is 8. The number of carboxylic acid groups (broad SMARTS) is 1. The number of carbonyl (C=O) groups excluding carboxylic acids is 7. The number of nitrogens with one attached hydrogen (secondary N) is 5. The summed E-state index contributed by atoms with van der Waals surface area (Å²) in [5.41, 5.74) is 7.36. The summed E-state index contributed by atoms with van der Waals surface area (Å²) in [6.45, 7) is 20.5. The van der Waals surface area contributed by atoms with Crippen molar-refractivity contribution in [1.82, 2.24) is 36.0 Å². The Morgan fingerprint density at radius 1 is 0.744 bits per heavy atom. The average molecular weight is 1150 g/mol. The van der Waals surface area contributed by atoms with Gasteiger partial charge in [-0.05, 0) is 99.4 Å². The predicted molar refractivity (Wildman–Crippen MR) is 316 cm³/mol. The van der Waals surface area contributed by atoms with Crippen molar-refractivity contribution in [3.8, 4) is 0 Å². The largest absolute Gasteiger partial charge is 0.465 e. The summed E-state index contributed by atoms with van der Waals surface area (Å²) in [5, 5.41) is 35.6. The lowest BCUT2D eigenvalue weighted by atomic mass is 9.89. The van der Waals surface area contributed by atoms with Crippen molar-refractivity contribution in [2.45, 2.75) is 195 Å². The highest BCUT2D eigenvalue weighted by atomic mass is 16.5. The molecule has 21 nitrogen and oxygen atoms in total. The van der Waals surface area contributed by atoms with Crippen LogP contribution in [0.2, 0.25) is 0 Å². The van der Waals surface area contributed by atoms with Crippen molar-refractivity contribution in [1.29, 1.82) is 0 Å². The van der Waals surface area contributed by atoms with Gasteiger partial charge in [0, 0.05) is 46.5 Å². The van der Waals surface area contributed by atoms with E-state index >= 15 is 0 Å². The number of ether oxygens (including phenoxy) is 2. The standard InChI is InChI=1S/C61H99N9O12/c1-15-39(8)53(47(81-13)35-49(72)69-33-22-25-46(69)55(82-14)40(9)56(74)63-41(10)54(73)44-23-18-16-19-24-44)68(12)60(78)51(37(4)5)67-59(77)52(38(6)7)70(61(79)80)34-31-43-27-29-45(30-28-43)65-57(75)42(11)64-58(76)50(36(2)3)66-48(71)26-20-17-21-32-62/h16,18-19,23-24,27-30,36-42,46-47,50-55,73H,15,17,20-22,25-26,31-35,62H2,1-14H3,(H,63,74)(H,64,76)(H,65,75)(H,66,71)(H,67,77)(H,79,80)/t39-,40+,41+,42-,46-,47+,50-,51-,52-,53-,54+,55+/m0/s1. The van der Waals surface area contributed by atoms with E-state index in [2.05, 4.69) is 26.6 Å². The second kappa shape index (κ2) is 34.4. The summed E-state index contributed by atoms with van der Waals surface area (Å²) in [6.07, 6.45) is 0.872. The van der Waals surface area contributed by atoms with Crippen LogP contribution in [-0.4, -0.2) is 168 Å². The number of nitrogens with two attached hydrogens (primary N) is 1. The van der Waals surface area contributed by atoms with Crippen molar-refractivity contribution < 1.29 is 58.0 Å². The normalized spacial score (nSPS) is 17.5. The fraction of sp³-hybridized carbons (Fsp3) is 0.672. The Morgan fingerprint density at radius 2 is 1.38 bits per heavy atom. The Bertz CT molecular complexity index is 2360. The number of nitrogens with zero attached hydrogens (tertiary/aromatic N) is 3. The fourth-order valence-electron chi connectivity index (χ4n) is 10.8. The minimum Gasteiger partial charge on any atom is -0.465 e. The van der Waals surface area contributed by atoms with E-state index in [-0.39, 0.29) is 55.4 Å². The van der Waals surface area contributed by atoms with E-state index in [0.717, 1.165) is 17.7 Å². The zero-order valence-electron chi connectivity index (χ0n) is 51.2. The maximum Gasteiger partial charge on any atom is 0.407 e. The van der Waals surface area contributed by atoms with Crippen LogP contribution in [0.5, 0.6) is 0 Å². The van der Waals surface area contributed by atoms with E-state index in [1.54, 1.807) is 104 Å². The molecule has 0 radical (unpaired) electrons. The molecule has 0 spiro atoms. The highest BCUT2D eigenvalue weighted by molar-refractivity contribution is 5.98. The van der Waals surface area contributed by atoms with Crippen LogP contribution in [0.3, 0.4) is 0 Å². The van der Waals surface area contributed by atoms with E-state index in [1.807, 2.05) is 32.0 Å². The van der Waals surface area contributed by atoms with Crippen LogP contribution < -0.4 is 32.3 Å². The second-order valence-electron chi connectivity index (χ2n) is 23.2. The Kier molecular flexibility index (Phi) is 29.5. The van der Waals surface area contributed by atoms with Gasteiger partial charge in [-0.3, -0.25) is 38.5 Å². The Balaban J connectivity index is 1.71. The zero-order valence-corrected chi connectivity index (χ0v) is 51.2. The van der Waals surface area contributed by atoms with Crippen molar-refractivity contribution in [3.05, 3.63) is 65.7 Å². The third-order valence-electron chi connectivity index (χ3n) is 15.9. The molecular weight excluding hydrogens is 1050 g/mol. The lowest BCUT2D eigenvalue weighted by Crippen LogP contribution is -2.60. The monoisotopic (exact) mass is 1150 g/mol. The first-order chi connectivity index (χ1) is 38.7. The number of benzene rings is 2. The van der Waals surface area contributed by atoms with Crippen molar-refractivity contribution in [2.24, 2.45) is 35.3 Å². The average Bonchev–Trinajstić information content (AvgIpc) is 4.02. The number of methoxy groups -OCH3 is 2. The highest BCUT2D eigenvalue weighted by Crippen LogP contribution is 2.30. The molecule has 21 heteroatoms. The van der Waals surface area contributed by atoms with Crippen LogP contribution in [0.4, 0.5) is 10.5 Å². The van der Waals surface area contributed by atoms with Gasteiger partial charge in [0.05, 0.1) is 48.8 Å². The van der Waals surface area contributed by atoms with Crippen molar-refractivity contribution in [2.75, 3.05) is 46.2 Å². The number of likely N-dealkylation sites (tertiary alicyclic amines) is 1. The van der Waals surface area contributed by atoms with Gasteiger partial charge in [0.1, 0.15) is 24.2 Å². The number of hydrogen-bond acceptors (Lipinski definition) is 12. The molecule has 1 aliphatic rings. The molecule has 0 aromatic heterocycles. The molecule has 0 unspecified atom stereocenters. The van der Waals surface area contributed by atoms with Gasteiger partial charge in [-0.25, -0.2) is 4.79 Å². The summed E-state index contributed by atoms with van der Waals surface area (Å²) in [7, 11) is 4.64. The third kappa shape index (κ3) is 20.3. The van der Waals surface area contributed by atoms with Crippen molar-refractivity contribution in [3.63, 3.8) is 0 Å². The predicted octanol–water partition coefficient (Wildman–Crippen LogP) is 5.64. The first-order valence-electron chi connectivity index (χ1n) is 29.4. The lowest BCUT2D eigenvalue weighted by Gasteiger charge is -2.41. The second-order valence-corrected chi connectivity index (χ2v) is 23.2. The molecule has 2 aromatic carbocycles. The molecule has 1 heterocycles. The van der Waals surface area contributed by atoms with E-state index < -0.39 is 108 Å². The SMILES string of the molecule is CC[C@H](C)[C@@H]([C@@H](CC(=O)N1CCC[C@H]1[C@H](OC)[C@@H](C)C(=O)N[C@H](C)[C@@H](O)c1ccccc1)OC)N(C)C(=O)[C@@H](NC(=O)[C@H](C(C)C)N(CCc1ccc(NC(=O)[C@H](C)NC(=O)[C@@H](NC(=O)CCCCCN)C(C)C)cc1)C(=O)O)C(C)C. The van der Waals surface area contributed by atoms with E-state index in [0.29, 0.717) is 55.6 Å². The lowest BCUT2D eigenvalue weighted by molar-refractivity contribution is -0.148. The Morgan fingerprint density at radius 3 is 1.93 bits per heavy atom. The van der Waals surface area contributed by atoms with Gasteiger partial charge in [0.25, 0.3) is 0 Å². The van der Waals surface area contributed by atoms with Gasteiger partial charge in [-0.1, -0.05) is 118 Å². The molecule has 0 bridgehead atoms. The van der Waals surface area contributed by atoms with Gasteiger partial charge >= 0.3 is 6.09 Å². The Labute approximate surface area is 487 Å². The van der Waals surface area contributed by atoms with Gasteiger partial charge in [0.15, 0.2) is 0 Å². The number of amides is 8. The number of likely N-dealkylation sites (N-methyl/N-ethyl adjacent to an activating group) is 1. The number of aliphatic hydroxyl groups is 1. The van der Waals surface area contributed by atoms with E-state index in [4.69, 9.17) is 15.2 Å². The Hall–Kier alpha value is -6.16. The quantitative estimate of drug-likeness (QED) is 0.0395. The molecule has 1 aliphatic heterocycles. The van der Waals surface area contributed by atoms with Crippen LogP contribution >= 0.6 is 0 Å². The molecule has 9 N–H and O–H groups in total. The maximum absolute atomic E-state index is 14.8. The number of aliphatic hydroxyl groups excluding tert-OH is 1. The molecule has 1 fully saturated rings. The van der Waals surface area contributed by atoms with Crippen LogP contribution in [0.25, 0.3) is 0 Å². The fourth-order valence-corrected chi connectivity index (χ4v) is 10.8. The van der Waals surface area contributed by atoms with Gasteiger partial charge in [-0.2, -0.15) is 0 Å². The number of anilines is 1. The minimum absolute atomic E-state index is 0.0747. The van der Waals surface area contributed by atoms with Crippen LogP contribution in [0.15, 0.2) is 54.6 Å². The van der Waals surface area contributed by atoms with Crippen LogP contribution in [0, 0.1) is 29.6 Å². The minimum atomic E-state index is -1.33. The number of rotatable bonds is 34. The topological polar surface area (TPSA) is 291 Å². The van der Waals surface area contributed by atoms with Gasteiger partial charge in [-0.15, -0.1) is 0 Å². The summed E-state index contributed by atoms with van der Waals surface area (Å²) < 4.78 is 12.0. The molecule has 3 rings (SSSR count). The first-order valence-corrected chi connectivity index (χ1v) is 29.4. The highest BCUT2D eigenvalue weighted by Gasteiger charge is 2.44. The number of unbranched alkanes of at least 4 members (excludes halogenated alkanes) is 2. The van der Waals surface area contributed by atoms with E-state index in [1.165, 1.54) is 26.0 Å². The molecule has 2 aromatic rings. The third-order valence-corrected chi connectivity index (χ3v) is 15.9. The number of hydrogen-bond donors (Lipinski definition) is 8. The smallest absolute Gasteiger partial charge is 0.407 e. The summed E-state index contributed by atoms with van der Waals surface area (Å²) in [5.74, 6) is -4.88. The molecule has 12 atom stereocenters. The first kappa shape index (κ1) is 70.1. The molecule has 82 heavy (non-hydrogen) atoms. The van der Waals surface area contributed by atoms with Crippen LogP contribution in [0.1, 0.15) is 145 Å². The van der Waals surface area contributed by atoms with E-state index in [9.17, 15) is 48.6 Å². The summed E-state index contributed by atoms with van der Waals surface area (Å²) in [6, 6.07) is 10.1. The molecule has 1 saturated heterocycles. The van der Waals surface area contributed by atoms with Gasteiger partial charge < -0.3 is 61.8 Å². The molecule has 460 valence electrons. The molecular formula is C61H99N9O12. The summed E-state index contributed by atoms with van der Waals surface area (Å²) in [4.78, 5) is 114. The maximum atomic E-state index is 14.8. The summed E-state index contributed by atoms with van der Waals surface area (Å²) >= 11 is 0. The van der Waals surface area contributed by atoms with Crippen LogP contribution in [-0.2, 0) is 49.5 Å². The van der Waals surface area contributed by atoms with Gasteiger partial charge in [0.2, 0.25) is 41.4 Å². The van der Waals surface area contributed by atoms with Crippen molar-refractivity contribution >= 4 is 53.1 Å².